The highest BCUT2D eigenvalue weighted by molar-refractivity contribution is 5.97. The van der Waals surface area contributed by atoms with Gasteiger partial charge in [-0.3, -0.25) is 14.7 Å². The number of likely N-dealkylation sites (tertiary alicyclic amines) is 1. The molecule has 4 aliphatic rings. The van der Waals surface area contributed by atoms with Crippen molar-refractivity contribution in [2.45, 2.75) is 64.8 Å². The molecule has 5 heterocycles. The molecule has 3 aromatic rings. The predicted molar refractivity (Wildman–Crippen MR) is 168 cm³/mol. The second kappa shape index (κ2) is 11.8. The van der Waals surface area contributed by atoms with E-state index in [2.05, 4.69) is 36.7 Å². The maximum absolute atomic E-state index is 14.3. The van der Waals surface area contributed by atoms with Crippen LogP contribution in [-0.2, 0) is 13.0 Å². The molecular formula is C34H42FN7O3. The van der Waals surface area contributed by atoms with Crippen molar-refractivity contribution in [2.75, 3.05) is 51.2 Å². The van der Waals surface area contributed by atoms with Gasteiger partial charge < -0.3 is 24.2 Å². The van der Waals surface area contributed by atoms with Crippen molar-refractivity contribution >= 4 is 11.7 Å². The van der Waals surface area contributed by atoms with Crippen molar-refractivity contribution in [1.82, 2.24) is 29.7 Å². The van der Waals surface area contributed by atoms with Crippen LogP contribution in [0.25, 0.3) is 0 Å². The molecular weight excluding hydrogens is 573 g/mol. The van der Waals surface area contributed by atoms with Gasteiger partial charge in [0.25, 0.3) is 5.91 Å². The van der Waals surface area contributed by atoms with E-state index in [4.69, 9.17) is 9.47 Å². The molecule has 2 aromatic heterocycles. The van der Waals surface area contributed by atoms with Crippen LogP contribution in [0.5, 0.6) is 17.2 Å². The van der Waals surface area contributed by atoms with Gasteiger partial charge in [-0.25, -0.2) is 14.4 Å². The first-order valence-electron chi connectivity index (χ1n) is 16.1. The van der Waals surface area contributed by atoms with Crippen LogP contribution < -0.4 is 14.4 Å². The molecule has 0 N–H and O–H groups in total. The molecule has 0 unspecified atom stereocenters. The number of fused-ring (bicyclic) bond motifs is 1. The zero-order chi connectivity index (χ0) is 31.3. The molecule has 3 aliphatic heterocycles. The molecule has 10 nitrogen and oxygen atoms in total. The summed E-state index contributed by atoms with van der Waals surface area (Å²) in [6.45, 7) is 12.2. The van der Waals surface area contributed by atoms with E-state index in [1.807, 2.05) is 33.0 Å². The van der Waals surface area contributed by atoms with Crippen molar-refractivity contribution in [3.05, 3.63) is 65.6 Å². The minimum atomic E-state index is -0.489. The van der Waals surface area contributed by atoms with E-state index < -0.39 is 5.82 Å². The number of carbonyl (C=O) groups excluding carboxylic acids is 1. The number of nitrogens with zero attached hydrogens (tertiary/aromatic N) is 7. The third-order valence-corrected chi connectivity index (χ3v) is 9.90. The number of carbonyl (C=O) groups is 1. The lowest BCUT2D eigenvalue weighted by Crippen LogP contribution is -2.65. The van der Waals surface area contributed by atoms with Crippen LogP contribution in [-0.4, -0.2) is 100 Å². The summed E-state index contributed by atoms with van der Waals surface area (Å²) in [6.07, 6.45) is 8.12. The highest BCUT2D eigenvalue weighted by atomic mass is 19.1. The van der Waals surface area contributed by atoms with Gasteiger partial charge in [-0.05, 0) is 64.9 Å². The van der Waals surface area contributed by atoms with Gasteiger partial charge in [-0.2, -0.15) is 0 Å². The van der Waals surface area contributed by atoms with E-state index in [0.29, 0.717) is 24.2 Å². The Morgan fingerprint density at radius 2 is 1.93 bits per heavy atom. The molecule has 2 saturated heterocycles. The fourth-order valence-corrected chi connectivity index (χ4v) is 7.49. The Morgan fingerprint density at radius 3 is 2.67 bits per heavy atom. The molecule has 45 heavy (non-hydrogen) atoms. The van der Waals surface area contributed by atoms with Gasteiger partial charge in [0.2, 0.25) is 0 Å². The Morgan fingerprint density at radius 1 is 1.13 bits per heavy atom. The lowest BCUT2D eigenvalue weighted by atomic mass is 9.61. The number of amides is 1. The molecule has 1 aliphatic carbocycles. The monoisotopic (exact) mass is 615 g/mol. The molecule has 1 saturated carbocycles. The van der Waals surface area contributed by atoms with Crippen molar-refractivity contribution in [3.63, 3.8) is 0 Å². The summed E-state index contributed by atoms with van der Waals surface area (Å²) >= 11 is 0. The molecule has 3 fully saturated rings. The Balaban J connectivity index is 0.995. The van der Waals surface area contributed by atoms with E-state index in [-0.39, 0.29) is 34.8 Å². The van der Waals surface area contributed by atoms with Crippen LogP contribution in [0.4, 0.5) is 10.2 Å². The zero-order valence-corrected chi connectivity index (χ0v) is 26.6. The van der Waals surface area contributed by atoms with Gasteiger partial charge in [0.1, 0.15) is 29.7 Å². The van der Waals surface area contributed by atoms with Crippen LogP contribution in [0.2, 0.25) is 0 Å². The van der Waals surface area contributed by atoms with E-state index in [0.717, 1.165) is 64.3 Å². The Kier molecular flexibility index (Phi) is 7.85. The summed E-state index contributed by atoms with van der Waals surface area (Å²) in [4.78, 5) is 35.5. The summed E-state index contributed by atoms with van der Waals surface area (Å²) in [6, 6.07) is 6.67. The molecule has 238 valence electrons. The summed E-state index contributed by atoms with van der Waals surface area (Å²) in [5, 5.41) is 0. The number of rotatable bonds is 9. The predicted octanol–water partition coefficient (Wildman–Crippen LogP) is 4.39. The first-order chi connectivity index (χ1) is 21.7. The third-order valence-electron chi connectivity index (χ3n) is 9.90. The number of aromatic nitrogens is 3. The van der Waals surface area contributed by atoms with Crippen molar-refractivity contribution in [2.24, 2.45) is 5.41 Å². The van der Waals surface area contributed by atoms with Gasteiger partial charge in [-0.15, -0.1) is 0 Å². The highest BCUT2D eigenvalue weighted by Crippen LogP contribution is 2.52. The topological polar surface area (TPSA) is 87.2 Å². The van der Waals surface area contributed by atoms with E-state index in [1.165, 1.54) is 35.8 Å². The largest absolute Gasteiger partial charge is 0.490 e. The number of halogens is 1. The number of hydrogen-bond acceptors (Lipinski definition) is 9. The Bertz CT molecular complexity index is 1570. The third kappa shape index (κ3) is 5.72. The maximum atomic E-state index is 14.3. The minimum absolute atomic E-state index is 0.0323. The lowest BCUT2D eigenvalue weighted by Gasteiger charge is -2.59. The Labute approximate surface area is 264 Å². The average Bonchev–Trinajstić information content (AvgIpc) is 2.97. The fraction of sp³-hybridized carbons (Fsp3) is 0.529. The number of benzene rings is 1. The normalized spacial score (nSPS) is 19.9. The summed E-state index contributed by atoms with van der Waals surface area (Å²) in [5.74, 6) is 1.62. The molecule has 0 bridgehead atoms. The number of anilines is 1. The number of pyridine rings is 1. The smallest absolute Gasteiger partial charge is 0.257 e. The molecule has 0 radical (unpaired) electrons. The minimum Gasteiger partial charge on any atom is -0.490 e. The van der Waals surface area contributed by atoms with Crippen molar-refractivity contribution in [3.8, 4) is 17.2 Å². The zero-order valence-electron chi connectivity index (χ0n) is 26.6. The Hall–Kier alpha value is -3.83. The average molecular weight is 616 g/mol. The first-order valence-corrected chi connectivity index (χ1v) is 16.1. The summed E-state index contributed by atoms with van der Waals surface area (Å²) in [5.41, 5.74) is 2.79. The lowest BCUT2D eigenvalue weighted by molar-refractivity contribution is -0.0357. The summed E-state index contributed by atoms with van der Waals surface area (Å²) < 4.78 is 27.1. The SMILES string of the molecule is CCN(C(=O)c1cc(F)ccc1Oc1cncnc1N1CC2(CC(Oc3ccnc4c3CN(C3CN(C)C3)CC4)C2)C1)C(C)C. The van der Waals surface area contributed by atoms with Crippen LogP contribution in [0.15, 0.2) is 43.0 Å². The molecule has 1 amide bonds. The van der Waals surface area contributed by atoms with Gasteiger partial charge in [-0.1, -0.05) is 0 Å². The van der Waals surface area contributed by atoms with Gasteiger partial charge >= 0.3 is 0 Å². The number of likely N-dealkylation sites (N-methyl/N-ethyl adjacent to an activating group) is 1. The second-order valence-corrected chi connectivity index (χ2v) is 13.5. The van der Waals surface area contributed by atoms with Crippen molar-refractivity contribution in [1.29, 1.82) is 0 Å². The van der Waals surface area contributed by atoms with Crippen LogP contribution >= 0.6 is 0 Å². The maximum Gasteiger partial charge on any atom is 0.257 e. The van der Waals surface area contributed by atoms with E-state index in [9.17, 15) is 9.18 Å². The van der Waals surface area contributed by atoms with Crippen LogP contribution in [0, 0.1) is 11.2 Å². The molecule has 1 spiro atoms. The van der Waals surface area contributed by atoms with Gasteiger partial charge in [0.05, 0.1) is 11.8 Å². The number of hydrogen-bond donors (Lipinski definition) is 0. The van der Waals surface area contributed by atoms with Crippen molar-refractivity contribution < 1.29 is 18.7 Å². The van der Waals surface area contributed by atoms with E-state index in [1.54, 1.807) is 11.1 Å². The summed E-state index contributed by atoms with van der Waals surface area (Å²) in [7, 11) is 2.18. The van der Waals surface area contributed by atoms with Gasteiger partial charge in [0, 0.05) is 87.2 Å². The standard InChI is InChI=1S/C34H42FN7O3/c1-5-42(22(2)3)33(43)26-12-23(35)6-7-29(26)45-31-15-36-21-38-32(31)41-19-34(20-41)13-25(14-34)44-30-8-10-37-28-9-11-40(18-27(28)30)24-16-39(4)17-24/h6-8,10,12,15,21-22,24-25H,5,9,11,13-14,16-20H2,1-4H3. The fourth-order valence-electron chi connectivity index (χ4n) is 7.49. The molecule has 1 aromatic carbocycles. The van der Waals surface area contributed by atoms with Crippen LogP contribution in [0.1, 0.15) is 55.2 Å². The quantitative estimate of drug-likeness (QED) is 0.348. The molecule has 7 rings (SSSR count). The first kappa shape index (κ1) is 29.9. The van der Waals surface area contributed by atoms with Crippen LogP contribution in [0.3, 0.4) is 0 Å². The molecule has 11 heteroatoms. The highest BCUT2D eigenvalue weighted by Gasteiger charge is 2.54. The number of ether oxygens (including phenoxy) is 2. The van der Waals surface area contributed by atoms with Gasteiger partial charge in [0.15, 0.2) is 11.6 Å². The van der Waals surface area contributed by atoms with E-state index >= 15 is 0 Å². The molecule has 0 atom stereocenters. The second-order valence-electron chi connectivity index (χ2n) is 13.5.